The van der Waals surface area contributed by atoms with E-state index in [4.69, 9.17) is 22.1 Å². The first kappa shape index (κ1) is 17.9. The van der Waals surface area contributed by atoms with Crippen LogP contribution in [0.3, 0.4) is 0 Å². The van der Waals surface area contributed by atoms with E-state index < -0.39 is 24.2 Å². The number of nitrogens with one attached hydrogen (secondary N) is 1. The molecule has 0 fully saturated rings. The van der Waals surface area contributed by atoms with Gasteiger partial charge in [-0.3, -0.25) is 4.79 Å². The third kappa shape index (κ3) is 4.43. The number of carbonyl (C=O) groups excluding carboxylic acids is 1. The van der Waals surface area contributed by atoms with Crippen LogP contribution >= 0.6 is 11.6 Å². The molecule has 1 aliphatic rings. The molecule has 0 aromatic carbocycles. The van der Waals surface area contributed by atoms with Gasteiger partial charge in [0.2, 0.25) is 5.91 Å². The zero-order valence-electron chi connectivity index (χ0n) is 12.6. The second-order valence-corrected chi connectivity index (χ2v) is 5.63. The fourth-order valence-electron chi connectivity index (χ4n) is 2.45. The lowest BCUT2D eigenvalue weighted by molar-refractivity contribution is -0.133. The molecule has 0 heterocycles. The SMILES string of the molecule is CCC(CC)O[C@@H]1C(Cl)=C(C(=O)O)C[C@H](N)[C@H]1NC(C)=O. The number of hydrogen-bond donors (Lipinski definition) is 3. The first-order valence-electron chi connectivity index (χ1n) is 7.11. The van der Waals surface area contributed by atoms with E-state index >= 15 is 0 Å². The number of nitrogens with two attached hydrogens (primary N) is 1. The average Bonchev–Trinajstić information content (AvgIpc) is 2.41. The fourth-order valence-corrected chi connectivity index (χ4v) is 2.80. The lowest BCUT2D eigenvalue weighted by atomic mass is 9.88. The molecular weight excluding hydrogens is 296 g/mol. The highest BCUT2D eigenvalue weighted by Crippen LogP contribution is 2.31. The summed E-state index contributed by atoms with van der Waals surface area (Å²) in [7, 11) is 0. The Hall–Kier alpha value is -1.11. The van der Waals surface area contributed by atoms with Gasteiger partial charge in [-0.25, -0.2) is 4.79 Å². The lowest BCUT2D eigenvalue weighted by Gasteiger charge is -2.38. The molecular formula is C14H23ClN2O4. The number of carboxylic acid groups (broad SMARTS) is 1. The van der Waals surface area contributed by atoms with E-state index in [1.54, 1.807) is 0 Å². The zero-order valence-corrected chi connectivity index (χ0v) is 13.3. The Labute approximate surface area is 129 Å². The predicted molar refractivity (Wildman–Crippen MR) is 80.0 cm³/mol. The predicted octanol–water partition coefficient (Wildman–Crippen LogP) is 1.37. The van der Waals surface area contributed by atoms with Crippen molar-refractivity contribution >= 4 is 23.5 Å². The van der Waals surface area contributed by atoms with Crippen LogP contribution in [0.15, 0.2) is 10.6 Å². The van der Waals surface area contributed by atoms with Gasteiger partial charge >= 0.3 is 5.97 Å². The van der Waals surface area contributed by atoms with Crippen LogP contribution in [-0.4, -0.2) is 41.3 Å². The Balaban J connectivity index is 3.12. The van der Waals surface area contributed by atoms with Crippen molar-refractivity contribution in [2.24, 2.45) is 5.73 Å². The van der Waals surface area contributed by atoms with Crippen molar-refractivity contribution in [3.8, 4) is 0 Å². The third-order valence-electron chi connectivity index (χ3n) is 3.64. The van der Waals surface area contributed by atoms with Gasteiger partial charge in [-0.1, -0.05) is 25.4 Å². The van der Waals surface area contributed by atoms with Crippen molar-refractivity contribution in [1.82, 2.24) is 5.32 Å². The van der Waals surface area contributed by atoms with E-state index in [1.165, 1.54) is 6.92 Å². The van der Waals surface area contributed by atoms with Crippen LogP contribution < -0.4 is 11.1 Å². The van der Waals surface area contributed by atoms with Crippen LogP contribution in [0.25, 0.3) is 0 Å². The monoisotopic (exact) mass is 318 g/mol. The molecule has 0 spiro atoms. The summed E-state index contributed by atoms with van der Waals surface area (Å²) in [4.78, 5) is 22.6. The molecule has 0 aliphatic heterocycles. The second-order valence-electron chi connectivity index (χ2n) is 5.22. The van der Waals surface area contributed by atoms with Crippen LogP contribution in [0, 0.1) is 0 Å². The highest BCUT2D eigenvalue weighted by Gasteiger charge is 2.40. The molecule has 1 rings (SSSR count). The molecule has 0 aromatic rings. The number of aliphatic carboxylic acids is 1. The van der Waals surface area contributed by atoms with Crippen LogP contribution in [0.5, 0.6) is 0 Å². The number of carbonyl (C=O) groups is 2. The molecule has 1 amide bonds. The third-order valence-corrected chi connectivity index (χ3v) is 4.09. The molecule has 6 nitrogen and oxygen atoms in total. The molecule has 120 valence electrons. The minimum Gasteiger partial charge on any atom is -0.478 e. The summed E-state index contributed by atoms with van der Waals surface area (Å²) in [6.45, 7) is 5.32. The second kappa shape index (κ2) is 7.77. The average molecular weight is 319 g/mol. The molecule has 0 bridgehead atoms. The molecule has 0 aromatic heterocycles. The minimum atomic E-state index is -1.10. The highest BCUT2D eigenvalue weighted by atomic mass is 35.5. The summed E-state index contributed by atoms with van der Waals surface area (Å²) in [5.74, 6) is -1.35. The summed E-state index contributed by atoms with van der Waals surface area (Å²) in [6.07, 6.45) is 0.834. The van der Waals surface area contributed by atoms with E-state index in [0.29, 0.717) is 0 Å². The Bertz CT molecular complexity index is 435. The number of halogens is 1. The van der Waals surface area contributed by atoms with Gasteiger partial charge in [0.1, 0.15) is 6.10 Å². The number of amides is 1. The van der Waals surface area contributed by atoms with E-state index in [0.717, 1.165) is 12.8 Å². The van der Waals surface area contributed by atoms with Gasteiger partial charge < -0.3 is 20.9 Å². The zero-order chi connectivity index (χ0) is 16.2. The number of hydrogen-bond acceptors (Lipinski definition) is 4. The van der Waals surface area contributed by atoms with Gasteiger partial charge in [0.15, 0.2) is 0 Å². The largest absolute Gasteiger partial charge is 0.478 e. The maximum atomic E-state index is 11.4. The van der Waals surface area contributed by atoms with Crippen molar-refractivity contribution in [2.45, 2.75) is 64.3 Å². The first-order valence-corrected chi connectivity index (χ1v) is 7.49. The molecule has 3 atom stereocenters. The molecule has 0 saturated heterocycles. The van der Waals surface area contributed by atoms with Gasteiger partial charge in [-0.05, 0) is 19.3 Å². The molecule has 0 unspecified atom stereocenters. The lowest BCUT2D eigenvalue weighted by Crippen LogP contribution is -2.58. The van der Waals surface area contributed by atoms with E-state index in [-0.39, 0.29) is 29.0 Å². The standard InChI is InChI=1S/C14H23ClN2O4/c1-4-8(5-2)21-13-11(15)9(14(19)20)6-10(16)12(13)17-7(3)18/h8,10,12-13H,4-6,16H2,1-3H3,(H,17,18)(H,19,20)/t10-,12+,13+/m0/s1. The van der Waals surface area contributed by atoms with Crippen molar-refractivity contribution in [2.75, 3.05) is 0 Å². The number of ether oxygens (including phenoxy) is 1. The highest BCUT2D eigenvalue weighted by molar-refractivity contribution is 6.32. The van der Waals surface area contributed by atoms with Gasteiger partial charge in [0.05, 0.1) is 22.8 Å². The van der Waals surface area contributed by atoms with E-state index in [1.807, 2.05) is 13.8 Å². The van der Waals surface area contributed by atoms with Gasteiger partial charge in [-0.2, -0.15) is 0 Å². The summed E-state index contributed by atoms with van der Waals surface area (Å²) in [6, 6.07) is -1.08. The van der Waals surface area contributed by atoms with Crippen LogP contribution in [0.4, 0.5) is 0 Å². The molecule has 0 radical (unpaired) electrons. The Morgan fingerprint density at radius 3 is 2.48 bits per heavy atom. The van der Waals surface area contributed by atoms with Crippen LogP contribution in [0.1, 0.15) is 40.0 Å². The Morgan fingerprint density at radius 2 is 2.05 bits per heavy atom. The quantitative estimate of drug-likeness (QED) is 0.686. The maximum absolute atomic E-state index is 11.4. The maximum Gasteiger partial charge on any atom is 0.332 e. The summed E-state index contributed by atoms with van der Waals surface area (Å²) in [5, 5.41) is 12.1. The summed E-state index contributed by atoms with van der Waals surface area (Å²) >= 11 is 6.21. The van der Waals surface area contributed by atoms with Crippen molar-refractivity contribution < 1.29 is 19.4 Å². The fraction of sp³-hybridized carbons (Fsp3) is 0.714. The Kier molecular flexibility index (Phi) is 6.64. The molecule has 4 N–H and O–H groups in total. The first-order chi connectivity index (χ1) is 9.81. The van der Waals surface area contributed by atoms with Crippen molar-refractivity contribution in [3.63, 3.8) is 0 Å². The summed E-state index contributed by atoms with van der Waals surface area (Å²) < 4.78 is 5.92. The molecule has 0 saturated carbocycles. The molecule has 1 aliphatic carbocycles. The van der Waals surface area contributed by atoms with Crippen molar-refractivity contribution in [3.05, 3.63) is 10.6 Å². The van der Waals surface area contributed by atoms with Crippen molar-refractivity contribution in [1.29, 1.82) is 0 Å². The molecule has 21 heavy (non-hydrogen) atoms. The summed E-state index contributed by atoms with van der Waals surface area (Å²) in [5.41, 5.74) is 6.07. The minimum absolute atomic E-state index is 0.0572. The topological polar surface area (TPSA) is 102 Å². The van der Waals surface area contributed by atoms with Crippen LogP contribution in [-0.2, 0) is 14.3 Å². The smallest absolute Gasteiger partial charge is 0.332 e. The van der Waals surface area contributed by atoms with Gasteiger partial charge in [-0.15, -0.1) is 0 Å². The Morgan fingerprint density at radius 1 is 1.48 bits per heavy atom. The normalized spacial score (nSPS) is 26.1. The van der Waals surface area contributed by atoms with E-state index in [9.17, 15) is 14.7 Å². The van der Waals surface area contributed by atoms with Gasteiger partial charge in [0.25, 0.3) is 0 Å². The van der Waals surface area contributed by atoms with E-state index in [2.05, 4.69) is 5.32 Å². The number of carboxylic acids is 1. The molecule has 7 heteroatoms. The van der Waals surface area contributed by atoms with Gasteiger partial charge in [0, 0.05) is 13.0 Å². The van der Waals surface area contributed by atoms with Crippen LogP contribution in [0.2, 0.25) is 0 Å². The number of rotatable bonds is 6.